The van der Waals surface area contributed by atoms with Crippen molar-refractivity contribution in [1.29, 1.82) is 0 Å². The van der Waals surface area contributed by atoms with Gasteiger partial charge in [0.2, 0.25) is 0 Å². The lowest BCUT2D eigenvalue weighted by Crippen LogP contribution is -2.38. The van der Waals surface area contributed by atoms with Gasteiger partial charge in [-0.25, -0.2) is 4.57 Å². The third-order valence-electron chi connectivity index (χ3n) is 4.26. The number of aliphatic imine (C=N–C) groups is 1. The van der Waals surface area contributed by atoms with E-state index in [2.05, 4.69) is 20.0 Å². The van der Waals surface area contributed by atoms with E-state index in [-0.39, 0.29) is 44.3 Å². The zero-order valence-electron chi connectivity index (χ0n) is 15.3. The average molecular weight is 391 g/mol. The molecule has 0 amide bonds. The number of imidazole rings is 1. The summed E-state index contributed by atoms with van der Waals surface area (Å²) in [6.07, 6.45) is 7.20. The normalized spacial score (nSPS) is 19.9. The third-order valence-corrected chi connectivity index (χ3v) is 4.26. The van der Waals surface area contributed by atoms with Crippen molar-refractivity contribution in [3.8, 4) is 0 Å². The maximum absolute atomic E-state index is 12.5. The molecule has 0 spiro atoms. The second-order valence-electron chi connectivity index (χ2n) is 6.32. The fraction of sp³-hybridized carbons (Fsp3) is 0.562. The maximum Gasteiger partial charge on any atom is 0.434 e. The van der Waals surface area contributed by atoms with E-state index < -0.39 is 22.7 Å². The van der Waals surface area contributed by atoms with Gasteiger partial charge < -0.3 is 20.0 Å². The SMILES string of the molecule is CC(CC1(OC(CO)CN=[N+]=[N-])C=CC=N1)C(=O)CCn1ccnc1[N+](=O)[O-]. The summed E-state index contributed by atoms with van der Waals surface area (Å²) in [5.74, 6) is -0.884. The predicted octanol–water partition coefficient (Wildman–Crippen LogP) is 1.80. The molecule has 0 saturated carbocycles. The molecule has 3 atom stereocenters. The number of aryl methyl sites for hydroxylation is 1. The van der Waals surface area contributed by atoms with Crippen molar-refractivity contribution >= 4 is 17.9 Å². The Morgan fingerprint density at radius 3 is 3.00 bits per heavy atom. The molecule has 0 bridgehead atoms. The zero-order valence-corrected chi connectivity index (χ0v) is 15.3. The van der Waals surface area contributed by atoms with Crippen molar-refractivity contribution in [3.05, 3.63) is 45.1 Å². The zero-order chi connectivity index (χ0) is 20.6. The molecule has 150 valence electrons. The van der Waals surface area contributed by atoms with Gasteiger partial charge in [-0.05, 0) is 22.6 Å². The molecular weight excluding hydrogens is 370 g/mol. The number of nitrogens with zero attached hydrogens (tertiary/aromatic N) is 7. The highest BCUT2D eigenvalue weighted by atomic mass is 16.6. The Labute approximate surface area is 160 Å². The van der Waals surface area contributed by atoms with Crippen molar-refractivity contribution in [2.24, 2.45) is 16.0 Å². The minimum atomic E-state index is -1.13. The largest absolute Gasteiger partial charge is 0.434 e. The van der Waals surface area contributed by atoms with Crippen LogP contribution in [0.1, 0.15) is 19.8 Å². The molecule has 12 heteroatoms. The molecule has 2 rings (SSSR count). The fourth-order valence-corrected chi connectivity index (χ4v) is 2.87. The molecule has 12 nitrogen and oxygen atoms in total. The van der Waals surface area contributed by atoms with Crippen LogP contribution in [0.2, 0.25) is 0 Å². The smallest absolute Gasteiger partial charge is 0.394 e. The lowest BCUT2D eigenvalue weighted by molar-refractivity contribution is -0.396. The minimum Gasteiger partial charge on any atom is -0.394 e. The van der Waals surface area contributed by atoms with Crippen LogP contribution in [0.5, 0.6) is 0 Å². The molecule has 1 aromatic heterocycles. The van der Waals surface area contributed by atoms with Crippen LogP contribution in [0.3, 0.4) is 0 Å². The Kier molecular flexibility index (Phi) is 7.38. The van der Waals surface area contributed by atoms with Crippen LogP contribution in [0.25, 0.3) is 10.4 Å². The number of azide groups is 1. The number of aliphatic hydroxyl groups excluding tert-OH is 1. The van der Waals surface area contributed by atoms with Crippen LogP contribution in [-0.2, 0) is 16.1 Å². The first-order chi connectivity index (χ1) is 13.4. The summed E-state index contributed by atoms with van der Waals surface area (Å²) < 4.78 is 7.13. The van der Waals surface area contributed by atoms with Crippen LogP contribution < -0.4 is 0 Å². The van der Waals surface area contributed by atoms with Gasteiger partial charge in [-0.15, -0.1) is 0 Å². The molecule has 1 aromatic rings. The number of ketones is 1. The highest BCUT2D eigenvalue weighted by molar-refractivity contribution is 5.81. The standard InChI is InChI=1S/C16H21N7O5/c1-12(14(25)3-7-22-8-6-18-15(22)23(26)27)9-16(4-2-5-19-16)28-13(11-24)10-20-21-17/h2,4-6,8,12-13,24H,3,7,9-11H2,1H3. The molecule has 0 aliphatic carbocycles. The van der Waals surface area contributed by atoms with Crippen LogP contribution in [0, 0.1) is 16.0 Å². The summed E-state index contributed by atoms with van der Waals surface area (Å²) in [5, 5.41) is 23.7. The second kappa shape index (κ2) is 9.74. The van der Waals surface area contributed by atoms with E-state index in [1.165, 1.54) is 23.2 Å². The van der Waals surface area contributed by atoms with Crippen molar-refractivity contribution in [1.82, 2.24) is 9.55 Å². The molecule has 0 radical (unpaired) electrons. The Balaban J connectivity index is 1.98. The Morgan fingerprint density at radius 1 is 1.61 bits per heavy atom. The second-order valence-corrected chi connectivity index (χ2v) is 6.32. The summed E-state index contributed by atoms with van der Waals surface area (Å²) in [7, 11) is 0. The minimum absolute atomic E-state index is 0.0647. The number of aliphatic hydroxyl groups is 1. The van der Waals surface area contributed by atoms with E-state index in [1.54, 1.807) is 19.1 Å². The van der Waals surface area contributed by atoms with E-state index in [0.29, 0.717) is 0 Å². The lowest BCUT2D eigenvalue weighted by atomic mass is 9.93. The van der Waals surface area contributed by atoms with Gasteiger partial charge in [0.1, 0.15) is 18.2 Å². The summed E-state index contributed by atoms with van der Waals surface area (Å²) in [5.41, 5.74) is 7.30. The van der Waals surface area contributed by atoms with E-state index in [0.717, 1.165) is 0 Å². The number of carbonyl (C=O) groups is 1. The number of hydrogen-bond donors (Lipinski definition) is 1. The first-order valence-electron chi connectivity index (χ1n) is 8.61. The molecule has 1 aliphatic rings. The maximum atomic E-state index is 12.5. The highest BCUT2D eigenvalue weighted by Crippen LogP contribution is 2.30. The number of nitro groups is 1. The topological polar surface area (TPSA) is 169 Å². The van der Waals surface area contributed by atoms with E-state index in [4.69, 9.17) is 10.3 Å². The third kappa shape index (κ3) is 5.46. The predicted molar refractivity (Wildman–Crippen MR) is 98.6 cm³/mol. The number of rotatable bonds is 12. The van der Waals surface area contributed by atoms with E-state index in [1.807, 2.05) is 0 Å². The Morgan fingerprint density at radius 2 is 2.39 bits per heavy atom. The quantitative estimate of drug-likeness (QED) is 0.187. The molecule has 0 saturated heterocycles. The van der Waals surface area contributed by atoms with Crippen molar-refractivity contribution < 1.29 is 19.6 Å². The summed E-state index contributed by atoms with van der Waals surface area (Å²) >= 11 is 0. The Bertz CT molecular complexity index is 800. The molecule has 3 unspecified atom stereocenters. The lowest BCUT2D eigenvalue weighted by Gasteiger charge is -2.30. The van der Waals surface area contributed by atoms with E-state index in [9.17, 15) is 20.0 Å². The molecule has 1 N–H and O–H groups in total. The fourth-order valence-electron chi connectivity index (χ4n) is 2.87. The molecule has 28 heavy (non-hydrogen) atoms. The Hall–Kier alpha value is -3.08. The summed E-state index contributed by atoms with van der Waals surface area (Å²) in [6, 6.07) is 0. The first-order valence-corrected chi connectivity index (χ1v) is 8.61. The number of aromatic nitrogens is 2. The molecule has 2 heterocycles. The van der Waals surface area contributed by atoms with Gasteiger partial charge in [0.25, 0.3) is 0 Å². The molecule has 0 aromatic carbocycles. The first kappa shape index (κ1) is 21.2. The van der Waals surface area contributed by atoms with Gasteiger partial charge in [0.05, 0.1) is 25.8 Å². The number of ether oxygens (including phenoxy) is 1. The van der Waals surface area contributed by atoms with E-state index >= 15 is 0 Å². The van der Waals surface area contributed by atoms with Crippen LogP contribution in [0.15, 0.2) is 34.7 Å². The number of Topliss-reactive ketones (excluding diaryl/α,β-unsaturated/α-hetero) is 1. The van der Waals surface area contributed by atoms with Gasteiger partial charge in [0.15, 0.2) is 5.72 Å². The summed E-state index contributed by atoms with van der Waals surface area (Å²) in [6.45, 7) is 1.43. The van der Waals surface area contributed by atoms with Gasteiger partial charge in [0, 0.05) is 29.9 Å². The highest BCUT2D eigenvalue weighted by Gasteiger charge is 2.35. The molecule has 0 fully saturated rings. The van der Waals surface area contributed by atoms with Crippen molar-refractivity contribution in [2.45, 2.75) is 38.1 Å². The monoisotopic (exact) mass is 391 g/mol. The van der Waals surface area contributed by atoms with Crippen LogP contribution >= 0.6 is 0 Å². The van der Waals surface area contributed by atoms with Crippen molar-refractivity contribution in [3.63, 3.8) is 0 Å². The number of carbonyl (C=O) groups excluding carboxylic acids is 1. The van der Waals surface area contributed by atoms with Gasteiger partial charge in [-0.3, -0.25) is 9.79 Å². The van der Waals surface area contributed by atoms with Crippen molar-refractivity contribution in [2.75, 3.05) is 13.2 Å². The van der Waals surface area contributed by atoms with Gasteiger partial charge >= 0.3 is 5.95 Å². The molecular formula is C16H21N7O5. The van der Waals surface area contributed by atoms with Crippen LogP contribution in [0.4, 0.5) is 5.95 Å². The summed E-state index contributed by atoms with van der Waals surface area (Å²) in [4.78, 5) is 33.4. The average Bonchev–Trinajstić information content (AvgIpc) is 3.32. The van der Waals surface area contributed by atoms with Crippen LogP contribution in [-0.4, -0.2) is 56.6 Å². The molecule has 1 aliphatic heterocycles. The number of hydrogen-bond acceptors (Lipinski definition) is 8. The van der Waals surface area contributed by atoms with Gasteiger partial charge in [-0.2, -0.15) is 0 Å². The number of allylic oxidation sites excluding steroid dienone is 1. The van der Waals surface area contributed by atoms with Gasteiger partial charge in [-0.1, -0.05) is 17.0 Å².